The molecule has 1 saturated heterocycles. The van der Waals surface area contributed by atoms with Gasteiger partial charge in [0.1, 0.15) is 6.04 Å². The van der Waals surface area contributed by atoms with Gasteiger partial charge in [-0.3, -0.25) is 9.59 Å². The van der Waals surface area contributed by atoms with Gasteiger partial charge in [0.2, 0.25) is 11.8 Å². The molecule has 1 atom stereocenters. The Bertz CT molecular complexity index is 419. The molecular formula is C14H23N3O2S. The summed E-state index contributed by atoms with van der Waals surface area (Å²) in [4.78, 5) is 26.5. The number of thiocarbonyl (C=S) groups is 1. The van der Waals surface area contributed by atoms with Crippen molar-refractivity contribution in [1.82, 2.24) is 4.90 Å². The molecule has 112 valence electrons. The monoisotopic (exact) mass is 297 g/mol. The number of amides is 2. The van der Waals surface area contributed by atoms with Crippen molar-refractivity contribution in [3.05, 3.63) is 0 Å². The second kappa shape index (κ2) is 6.08. The van der Waals surface area contributed by atoms with E-state index in [0.29, 0.717) is 25.8 Å². The minimum Gasteiger partial charge on any atom is -0.392 e. The fourth-order valence-corrected chi connectivity index (χ4v) is 3.76. The van der Waals surface area contributed by atoms with E-state index in [4.69, 9.17) is 23.7 Å². The molecule has 0 aromatic rings. The van der Waals surface area contributed by atoms with Gasteiger partial charge in [0.15, 0.2) is 0 Å². The second-order valence-electron chi connectivity index (χ2n) is 5.92. The Morgan fingerprint density at radius 3 is 2.25 bits per heavy atom. The van der Waals surface area contributed by atoms with Gasteiger partial charge in [0.05, 0.1) is 10.4 Å². The number of nitrogens with two attached hydrogens (primary N) is 2. The van der Waals surface area contributed by atoms with Gasteiger partial charge in [-0.05, 0) is 32.1 Å². The Morgan fingerprint density at radius 1 is 1.05 bits per heavy atom. The maximum atomic E-state index is 13.0. The third kappa shape index (κ3) is 2.66. The summed E-state index contributed by atoms with van der Waals surface area (Å²) >= 11 is 5.19. The van der Waals surface area contributed by atoms with E-state index in [9.17, 15) is 9.59 Å². The van der Waals surface area contributed by atoms with Gasteiger partial charge < -0.3 is 16.4 Å². The highest BCUT2D eigenvalue weighted by Gasteiger charge is 2.47. The number of piperidine rings is 1. The fraction of sp³-hybridized carbons (Fsp3) is 0.786. The number of carbonyl (C=O) groups is 2. The smallest absolute Gasteiger partial charge is 0.240 e. The minimum absolute atomic E-state index is 0.0757. The summed E-state index contributed by atoms with van der Waals surface area (Å²) in [5, 5.41) is 0. The molecular weight excluding hydrogens is 274 g/mol. The molecule has 0 bridgehead atoms. The summed E-state index contributed by atoms with van der Waals surface area (Å²) in [5.74, 6) is -0.500. The van der Waals surface area contributed by atoms with Crippen LogP contribution in [0.1, 0.15) is 51.4 Å². The number of hydrogen-bond acceptors (Lipinski definition) is 3. The molecule has 20 heavy (non-hydrogen) atoms. The Morgan fingerprint density at radius 2 is 1.70 bits per heavy atom. The molecule has 2 amide bonds. The van der Waals surface area contributed by atoms with Crippen LogP contribution in [0, 0.1) is 5.41 Å². The fourth-order valence-electron chi connectivity index (χ4n) is 3.47. The molecule has 2 rings (SSSR count). The van der Waals surface area contributed by atoms with Gasteiger partial charge in [-0.1, -0.05) is 31.5 Å². The highest BCUT2D eigenvalue weighted by atomic mass is 32.1. The van der Waals surface area contributed by atoms with Gasteiger partial charge in [-0.15, -0.1) is 0 Å². The molecule has 1 aliphatic carbocycles. The highest BCUT2D eigenvalue weighted by Crippen LogP contribution is 2.39. The summed E-state index contributed by atoms with van der Waals surface area (Å²) in [7, 11) is 0. The lowest BCUT2D eigenvalue weighted by molar-refractivity contribution is -0.148. The standard InChI is InChI=1S/C14H23N3O2S/c15-11(18)10-6-2-5-9-17(10)13(19)14(12(16)20)7-3-1-4-8-14/h10H,1-9H2,(H2,15,18)(H2,16,20). The summed E-state index contributed by atoms with van der Waals surface area (Å²) in [5.41, 5.74) is 10.6. The van der Waals surface area contributed by atoms with Crippen LogP contribution in [0.15, 0.2) is 0 Å². The first-order valence-electron chi connectivity index (χ1n) is 7.39. The first kappa shape index (κ1) is 15.2. The largest absolute Gasteiger partial charge is 0.392 e. The van der Waals surface area contributed by atoms with Crippen molar-refractivity contribution < 1.29 is 9.59 Å². The summed E-state index contributed by atoms with van der Waals surface area (Å²) < 4.78 is 0. The van der Waals surface area contributed by atoms with Crippen molar-refractivity contribution in [3.63, 3.8) is 0 Å². The average molecular weight is 297 g/mol. The van der Waals surface area contributed by atoms with E-state index in [1.54, 1.807) is 4.90 Å². The zero-order valence-corrected chi connectivity index (χ0v) is 12.6. The van der Waals surface area contributed by atoms with E-state index in [-0.39, 0.29) is 10.9 Å². The van der Waals surface area contributed by atoms with Crippen LogP contribution in [-0.4, -0.2) is 34.3 Å². The molecule has 6 heteroatoms. The molecule has 0 aromatic carbocycles. The molecule has 1 saturated carbocycles. The highest BCUT2D eigenvalue weighted by molar-refractivity contribution is 7.80. The molecule has 1 aliphatic heterocycles. The van der Waals surface area contributed by atoms with Crippen molar-refractivity contribution in [2.24, 2.45) is 16.9 Å². The van der Waals surface area contributed by atoms with E-state index >= 15 is 0 Å². The minimum atomic E-state index is -0.751. The zero-order chi connectivity index (χ0) is 14.8. The average Bonchev–Trinajstić information content (AvgIpc) is 2.47. The lowest BCUT2D eigenvalue weighted by atomic mass is 9.72. The van der Waals surface area contributed by atoms with Crippen LogP contribution in [-0.2, 0) is 9.59 Å². The van der Waals surface area contributed by atoms with Crippen molar-refractivity contribution in [2.45, 2.75) is 57.4 Å². The number of carbonyl (C=O) groups excluding carboxylic acids is 2. The normalized spacial score (nSPS) is 26.0. The maximum Gasteiger partial charge on any atom is 0.240 e. The van der Waals surface area contributed by atoms with E-state index in [1.165, 1.54) is 0 Å². The predicted octanol–water partition coefficient (Wildman–Crippen LogP) is 1.09. The lowest BCUT2D eigenvalue weighted by Crippen LogP contribution is -2.58. The summed E-state index contributed by atoms with van der Waals surface area (Å²) in [6.07, 6.45) is 6.90. The van der Waals surface area contributed by atoms with Gasteiger partial charge in [-0.25, -0.2) is 0 Å². The van der Waals surface area contributed by atoms with Crippen LogP contribution >= 0.6 is 12.2 Å². The second-order valence-corrected chi connectivity index (χ2v) is 6.36. The Hall–Kier alpha value is -1.17. The summed E-state index contributed by atoms with van der Waals surface area (Å²) in [6, 6.07) is -0.496. The predicted molar refractivity (Wildman–Crippen MR) is 80.8 cm³/mol. The number of rotatable bonds is 3. The van der Waals surface area contributed by atoms with Crippen LogP contribution in [0.4, 0.5) is 0 Å². The van der Waals surface area contributed by atoms with Gasteiger partial charge >= 0.3 is 0 Å². The maximum absolute atomic E-state index is 13.0. The van der Waals surface area contributed by atoms with Crippen LogP contribution in [0.25, 0.3) is 0 Å². The van der Waals surface area contributed by atoms with E-state index in [2.05, 4.69) is 0 Å². The first-order valence-corrected chi connectivity index (χ1v) is 7.80. The number of hydrogen-bond donors (Lipinski definition) is 2. The molecule has 1 unspecified atom stereocenters. The van der Waals surface area contributed by atoms with E-state index < -0.39 is 17.4 Å². The van der Waals surface area contributed by atoms with Gasteiger partial charge in [0.25, 0.3) is 0 Å². The van der Waals surface area contributed by atoms with Gasteiger partial charge in [-0.2, -0.15) is 0 Å². The summed E-state index contributed by atoms with van der Waals surface area (Å²) in [6.45, 7) is 0.580. The lowest BCUT2D eigenvalue weighted by Gasteiger charge is -2.42. The SMILES string of the molecule is NC(=O)C1CCCCN1C(=O)C1(C(N)=S)CCCCC1. The Labute approximate surface area is 125 Å². The molecule has 2 aliphatic rings. The molecule has 0 radical (unpaired) electrons. The van der Waals surface area contributed by atoms with Crippen LogP contribution in [0.2, 0.25) is 0 Å². The first-order chi connectivity index (χ1) is 9.49. The quantitative estimate of drug-likeness (QED) is 0.763. The van der Waals surface area contributed by atoms with Crippen LogP contribution < -0.4 is 11.5 Å². The Balaban J connectivity index is 2.26. The van der Waals surface area contributed by atoms with Crippen molar-refractivity contribution >= 4 is 29.0 Å². The molecule has 2 fully saturated rings. The number of nitrogens with zero attached hydrogens (tertiary/aromatic N) is 1. The molecule has 4 N–H and O–H groups in total. The molecule has 0 spiro atoms. The zero-order valence-electron chi connectivity index (χ0n) is 11.8. The van der Waals surface area contributed by atoms with Crippen molar-refractivity contribution in [3.8, 4) is 0 Å². The van der Waals surface area contributed by atoms with E-state index in [0.717, 1.165) is 32.1 Å². The third-order valence-corrected chi connectivity index (χ3v) is 5.07. The molecule has 1 heterocycles. The van der Waals surface area contributed by atoms with Crippen LogP contribution in [0.5, 0.6) is 0 Å². The number of primary amides is 1. The third-order valence-electron chi connectivity index (χ3n) is 4.68. The van der Waals surface area contributed by atoms with Gasteiger partial charge in [0, 0.05) is 6.54 Å². The molecule has 0 aromatic heterocycles. The van der Waals surface area contributed by atoms with Crippen molar-refractivity contribution in [2.75, 3.05) is 6.54 Å². The topological polar surface area (TPSA) is 89.4 Å². The van der Waals surface area contributed by atoms with E-state index in [1.807, 2.05) is 0 Å². The van der Waals surface area contributed by atoms with Crippen molar-refractivity contribution in [1.29, 1.82) is 0 Å². The molecule has 5 nitrogen and oxygen atoms in total. The number of likely N-dealkylation sites (tertiary alicyclic amines) is 1. The Kier molecular flexibility index (Phi) is 4.62. The van der Waals surface area contributed by atoms with Crippen LogP contribution in [0.3, 0.4) is 0 Å².